The molecular formula is C29H44O2. The Kier molecular flexibility index (Phi) is 4.49. The third-order valence-corrected chi connectivity index (χ3v) is 12.0. The van der Waals surface area contributed by atoms with E-state index in [-0.39, 0.29) is 27.6 Å². The third kappa shape index (κ3) is 2.69. The Morgan fingerprint density at radius 3 is 2.26 bits per heavy atom. The summed E-state index contributed by atoms with van der Waals surface area (Å²) in [6.07, 6.45) is 12.0. The number of hydrogen-bond acceptors (Lipinski definition) is 2. The summed E-state index contributed by atoms with van der Waals surface area (Å²) in [5, 5.41) is 0. The molecule has 172 valence electrons. The van der Waals surface area contributed by atoms with Crippen molar-refractivity contribution >= 4 is 11.6 Å². The molecule has 2 nitrogen and oxygen atoms in total. The maximum atomic E-state index is 13.6. The van der Waals surface area contributed by atoms with E-state index in [0.29, 0.717) is 34.7 Å². The van der Waals surface area contributed by atoms with Crippen LogP contribution in [-0.2, 0) is 9.59 Å². The first-order valence-corrected chi connectivity index (χ1v) is 13.0. The van der Waals surface area contributed by atoms with Gasteiger partial charge in [-0.15, -0.1) is 0 Å². The van der Waals surface area contributed by atoms with Crippen molar-refractivity contribution in [1.82, 2.24) is 0 Å². The highest BCUT2D eigenvalue weighted by molar-refractivity contribution is 5.86. The predicted octanol–water partition coefficient (Wildman–Crippen LogP) is 7.17. The van der Waals surface area contributed by atoms with E-state index in [1.54, 1.807) is 5.57 Å². The summed E-state index contributed by atoms with van der Waals surface area (Å²) < 4.78 is 0. The lowest BCUT2D eigenvalue weighted by Crippen LogP contribution is -2.64. The van der Waals surface area contributed by atoms with Gasteiger partial charge in [0.05, 0.1) is 0 Å². The van der Waals surface area contributed by atoms with Gasteiger partial charge in [-0.3, -0.25) is 9.59 Å². The second-order valence-corrected chi connectivity index (χ2v) is 14.2. The molecular weight excluding hydrogens is 380 g/mol. The van der Waals surface area contributed by atoms with Crippen molar-refractivity contribution in [2.75, 3.05) is 0 Å². The third-order valence-electron chi connectivity index (χ3n) is 12.0. The molecule has 0 N–H and O–H groups in total. The number of rotatable bonds is 0. The minimum atomic E-state index is -0.208. The van der Waals surface area contributed by atoms with Crippen LogP contribution in [0, 0.1) is 50.7 Å². The van der Waals surface area contributed by atoms with E-state index < -0.39 is 0 Å². The van der Waals surface area contributed by atoms with Crippen molar-refractivity contribution in [3.63, 3.8) is 0 Å². The fourth-order valence-electron chi connectivity index (χ4n) is 9.98. The number of Topliss-reactive ketones (excluding diaryl/α,β-unsaturated/α-hetero) is 2. The van der Waals surface area contributed by atoms with Gasteiger partial charge in [-0.25, -0.2) is 0 Å². The van der Waals surface area contributed by atoms with Crippen molar-refractivity contribution < 1.29 is 9.59 Å². The Labute approximate surface area is 190 Å². The van der Waals surface area contributed by atoms with Crippen LogP contribution in [0.5, 0.6) is 0 Å². The van der Waals surface area contributed by atoms with Crippen LogP contribution in [0.3, 0.4) is 0 Å². The summed E-state index contributed by atoms with van der Waals surface area (Å²) >= 11 is 0. The number of hydrogen-bond donors (Lipinski definition) is 0. The van der Waals surface area contributed by atoms with Crippen molar-refractivity contribution in [2.24, 2.45) is 50.7 Å². The molecule has 0 spiro atoms. The monoisotopic (exact) mass is 424 g/mol. The first-order valence-electron chi connectivity index (χ1n) is 13.0. The lowest BCUT2D eigenvalue weighted by atomic mass is 9.34. The summed E-state index contributed by atoms with van der Waals surface area (Å²) in [6, 6.07) is 0. The Hall–Kier alpha value is -0.920. The van der Waals surface area contributed by atoms with Crippen molar-refractivity contribution in [1.29, 1.82) is 0 Å². The SMILES string of the molecule is CC1(C)CCC2C(=O)C[C@]3(C)C(=CC[C@@H]4[C@@]5(C)CCC(=O)C(C)(C)[C@@H]5CC[C@]43C)[C@@H]2C1. The maximum absolute atomic E-state index is 13.6. The highest BCUT2D eigenvalue weighted by Crippen LogP contribution is 2.73. The van der Waals surface area contributed by atoms with Crippen molar-refractivity contribution in [2.45, 2.75) is 106 Å². The predicted molar refractivity (Wildman–Crippen MR) is 125 cm³/mol. The van der Waals surface area contributed by atoms with Crippen LogP contribution in [-0.4, -0.2) is 11.6 Å². The Balaban J connectivity index is 1.59. The first-order chi connectivity index (χ1) is 14.3. The lowest BCUT2D eigenvalue weighted by molar-refractivity contribution is -0.182. The summed E-state index contributed by atoms with van der Waals surface area (Å²) in [5.74, 6) is 2.79. The quantitative estimate of drug-likeness (QED) is 0.386. The highest BCUT2D eigenvalue weighted by atomic mass is 16.1. The molecule has 5 aliphatic carbocycles. The topological polar surface area (TPSA) is 34.1 Å². The van der Waals surface area contributed by atoms with Crippen LogP contribution < -0.4 is 0 Å². The van der Waals surface area contributed by atoms with E-state index in [1.165, 1.54) is 12.8 Å². The van der Waals surface area contributed by atoms with Gasteiger partial charge in [-0.05, 0) is 78.9 Å². The van der Waals surface area contributed by atoms with Crippen LogP contribution in [0.1, 0.15) is 106 Å². The Morgan fingerprint density at radius 2 is 1.55 bits per heavy atom. The number of carbonyl (C=O) groups excluding carboxylic acids is 2. The molecule has 4 saturated carbocycles. The number of carbonyl (C=O) groups is 2. The summed E-state index contributed by atoms with van der Waals surface area (Å²) in [4.78, 5) is 26.4. The number of fused-ring (bicyclic) bond motifs is 7. The average Bonchev–Trinajstić information content (AvgIpc) is 2.65. The summed E-state index contributed by atoms with van der Waals surface area (Å²) in [6.45, 7) is 16.7. The van der Waals surface area contributed by atoms with Crippen LogP contribution in [0.15, 0.2) is 11.6 Å². The minimum Gasteiger partial charge on any atom is -0.299 e. The van der Waals surface area contributed by atoms with E-state index in [9.17, 15) is 9.59 Å². The normalized spacial score (nSPS) is 50.5. The molecule has 0 radical (unpaired) electrons. The van der Waals surface area contributed by atoms with Gasteiger partial charge in [0.2, 0.25) is 0 Å². The molecule has 0 heterocycles. The molecule has 7 atom stereocenters. The molecule has 5 rings (SSSR count). The minimum absolute atomic E-state index is 0.0127. The zero-order chi connectivity index (χ0) is 22.6. The molecule has 0 aliphatic heterocycles. The smallest absolute Gasteiger partial charge is 0.138 e. The molecule has 0 saturated heterocycles. The largest absolute Gasteiger partial charge is 0.299 e. The highest BCUT2D eigenvalue weighted by Gasteiger charge is 2.67. The van der Waals surface area contributed by atoms with Gasteiger partial charge < -0.3 is 0 Å². The Bertz CT molecular complexity index is 862. The second kappa shape index (κ2) is 6.35. The molecule has 0 amide bonds. The second-order valence-electron chi connectivity index (χ2n) is 14.2. The first kappa shape index (κ1) is 21.9. The Morgan fingerprint density at radius 1 is 0.839 bits per heavy atom. The molecule has 0 aromatic rings. The van der Waals surface area contributed by atoms with Crippen LogP contribution in [0.4, 0.5) is 0 Å². The molecule has 1 unspecified atom stereocenters. The van der Waals surface area contributed by atoms with Gasteiger partial charge in [-0.2, -0.15) is 0 Å². The van der Waals surface area contributed by atoms with Crippen molar-refractivity contribution in [3.05, 3.63) is 11.6 Å². The molecule has 0 bridgehead atoms. The number of ketones is 2. The van der Waals surface area contributed by atoms with Crippen LogP contribution >= 0.6 is 0 Å². The van der Waals surface area contributed by atoms with E-state index in [1.807, 2.05) is 0 Å². The number of allylic oxidation sites excluding steroid dienone is 2. The van der Waals surface area contributed by atoms with Gasteiger partial charge in [0.1, 0.15) is 11.6 Å². The van der Waals surface area contributed by atoms with E-state index in [2.05, 4.69) is 54.5 Å². The zero-order valence-corrected chi connectivity index (χ0v) is 21.1. The molecule has 4 fully saturated rings. The molecule has 0 aromatic heterocycles. The van der Waals surface area contributed by atoms with E-state index in [4.69, 9.17) is 0 Å². The van der Waals surface area contributed by atoms with Crippen LogP contribution in [0.2, 0.25) is 0 Å². The molecule has 31 heavy (non-hydrogen) atoms. The van der Waals surface area contributed by atoms with Gasteiger partial charge in [0.15, 0.2) is 0 Å². The molecule has 2 heteroatoms. The maximum Gasteiger partial charge on any atom is 0.138 e. The van der Waals surface area contributed by atoms with Gasteiger partial charge >= 0.3 is 0 Å². The standard InChI is InChI=1S/C29H44O2/c1-25(2)13-10-18-19(16-25)20-8-9-23-27(5)14-12-24(31)26(3,4)22(27)11-15-28(23,6)29(20,7)17-21(18)30/h8,18-19,22-23H,9-17H2,1-7H3/t18?,19-,22+,23-,27+,28-,29-/m1/s1. The lowest BCUT2D eigenvalue weighted by Gasteiger charge is -2.69. The average molecular weight is 425 g/mol. The molecule has 0 aromatic carbocycles. The van der Waals surface area contributed by atoms with Gasteiger partial charge in [-0.1, -0.05) is 60.1 Å². The van der Waals surface area contributed by atoms with Crippen LogP contribution in [0.25, 0.3) is 0 Å². The van der Waals surface area contributed by atoms with Crippen molar-refractivity contribution in [3.8, 4) is 0 Å². The molecule has 5 aliphatic rings. The fraction of sp³-hybridized carbons (Fsp3) is 0.862. The summed E-state index contributed by atoms with van der Waals surface area (Å²) in [7, 11) is 0. The van der Waals surface area contributed by atoms with E-state index in [0.717, 1.165) is 44.9 Å². The van der Waals surface area contributed by atoms with E-state index >= 15 is 0 Å². The van der Waals surface area contributed by atoms with Gasteiger partial charge in [0.25, 0.3) is 0 Å². The summed E-state index contributed by atoms with van der Waals surface area (Å²) in [5.41, 5.74) is 2.12. The fourth-order valence-corrected chi connectivity index (χ4v) is 9.98. The van der Waals surface area contributed by atoms with Gasteiger partial charge in [0, 0.05) is 29.6 Å². The zero-order valence-electron chi connectivity index (χ0n) is 21.1.